The van der Waals surface area contributed by atoms with E-state index < -0.39 is 21.6 Å². The van der Waals surface area contributed by atoms with Gasteiger partial charge in [-0.15, -0.1) is 0 Å². The molecule has 0 saturated heterocycles. The first kappa shape index (κ1) is 41.2. The third kappa shape index (κ3) is 5.33. The molecule has 6 heteroatoms. The van der Waals surface area contributed by atoms with Gasteiger partial charge in [-0.05, 0) is 126 Å². The van der Waals surface area contributed by atoms with Crippen LogP contribution in [0.15, 0.2) is 215 Å². The van der Waals surface area contributed by atoms with E-state index in [1.165, 1.54) is 98.8 Å². The lowest BCUT2D eigenvalue weighted by molar-refractivity contribution is 0.668. The van der Waals surface area contributed by atoms with Crippen LogP contribution in [0.1, 0.15) is 33.4 Å². The lowest BCUT2D eigenvalue weighted by Crippen LogP contribution is -2.58. The fraction of sp³-hybridized carbons (Fsp3) is 0.0746. The SMILES string of the molecule is C[Si]1(C)c2ccccc2N(c2ccc3c(c2)C2(c4cc(N5c6ccccc6[Si](C)(C)c6cc7c(cc65)oc5ccccc57)ccc4C=C3)c3ccccc3-c3ccccc32)c2cc3oc4ccccc4c3cc21. The van der Waals surface area contributed by atoms with Crippen molar-refractivity contribution in [1.82, 2.24) is 0 Å². The quantitative estimate of drug-likeness (QED) is 0.162. The summed E-state index contributed by atoms with van der Waals surface area (Å²) in [6.45, 7) is 10.0. The molecule has 4 heterocycles. The van der Waals surface area contributed by atoms with Gasteiger partial charge in [-0.3, -0.25) is 0 Å². The van der Waals surface area contributed by atoms with Crippen LogP contribution < -0.4 is 30.5 Å². The predicted molar refractivity (Wildman–Crippen MR) is 310 cm³/mol. The predicted octanol–water partition coefficient (Wildman–Crippen LogP) is 15.5. The molecule has 73 heavy (non-hydrogen) atoms. The molecule has 4 aliphatic rings. The molecule has 0 radical (unpaired) electrons. The number of hydrogen-bond acceptors (Lipinski definition) is 4. The fourth-order valence-corrected chi connectivity index (χ4v) is 19.8. The summed E-state index contributed by atoms with van der Waals surface area (Å²) < 4.78 is 13.4. The summed E-state index contributed by atoms with van der Waals surface area (Å²) in [5, 5.41) is 10.4. The summed E-state index contributed by atoms with van der Waals surface area (Å²) in [4.78, 5) is 5.07. The Kier molecular flexibility index (Phi) is 8.12. The van der Waals surface area contributed by atoms with Crippen molar-refractivity contribution < 1.29 is 8.83 Å². The van der Waals surface area contributed by atoms with Crippen molar-refractivity contribution in [1.29, 1.82) is 0 Å². The lowest BCUT2D eigenvalue weighted by Gasteiger charge is -2.42. The maximum Gasteiger partial charge on any atom is 0.137 e. The Labute approximate surface area is 425 Å². The Balaban J connectivity index is 0.971. The summed E-state index contributed by atoms with van der Waals surface area (Å²) >= 11 is 0. The zero-order valence-electron chi connectivity index (χ0n) is 41.0. The molecule has 0 unspecified atom stereocenters. The Morgan fingerprint density at radius 1 is 0.329 bits per heavy atom. The van der Waals surface area contributed by atoms with Gasteiger partial charge in [0.1, 0.15) is 38.5 Å². The molecule has 0 amide bonds. The van der Waals surface area contributed by atoms with Crippen LogP contribution in [0.25, 0.3) is 67.2 Å². The average Bonchev–Trinajstić information content (AvgIpc) is 4.05. The molecular weight excluding hydrogens is 921 g/mol. The maximum atomic E-state index is 6.68. The average molecular weight is 969 g/mol. The van der Waals surface area contributed by atoms with Crippen LogP contribution in [0.2, 0.25) is 26.2 Å². The number of fused-ring (bicyclic) bond motifs is 19. The third-order valence-electron chi connectivity index (χ3n) is 17.2. The fourth-order valence-electron chi connectivity index (χ4n) is 13.8. The van der Waals surface area contributed by atoms with Crippen LogP contribution in [-0.2, 0) is 5.41 Å². The van der Waals surface area contributed by atoms with Crippen LogP contribution in [0.5, 0.6) is 0 Å². The molecule has 0 saturated carbocycles. The number of furan rings is 2. The van der Waals surface area contributed by atoms with Gasteiger partial charge in [0.05, 0.1) is 5.41 Å². The normalized spacial score (nSPS) is 15.9. The smallest absolute Gasteiger partial charge is 0.137 e. The molecular formula is C67H48N2O2Si2. The minimum atomic E-state index is -2.20. The molecule has 0 fully saturated rings. The van der Waals surface area contributed by atoms with Gasteiger partial charge in [-0.25, -0.2) is 0 Å². The largest absolute Gasteiger partial charge is 0.456 e. The highest BCUT2D eigenvalue weighted by molar-refractivity contribution is 7.03. The standard InChI is InChI=1S/C67H48N2O2Si2/c1-72(2)63-27-15-11-23-55(63)68(57-39-61-49(37-65(57)72)47-19-7-13-25-59(47)70-61)43-33-31-41-29-30-42-32-34-44(36-54(42)67(53(41)35-43)51-21-9-5-17-45(51)46-18-6-10-22-52(46)67)69-56-24-12-16-28-64(56)73(3,4)66-38-50-48-20-8-14-26-60(48)71-62(50)40-58(66)69/h5-40H,1-4H3. The molecule has 12 aromatic rings. The summed E-state index contributed by atoms with van der Waals surface area (Å²) in [5.41, 5.74) is 20.2. The second-order valence-electron chi connectivity index (χ2n) is 21.6. The Morgan fingerprint density at radius 3 is 1.22 bits per heavy atom. The van der Waals surface area contributed by atoms with Gasteiger partial charge in [0, 0.05) is 67.8 Å². The number of nitrogens with zero attached hydrogens (tertiary/aromatic N) is 2. The highest BCUT2D eigenvalue weighted by Gasteiger charge is 2.50. The van der Waals surface area contributed by atoms with E-state index in [4.69, 9.17) is 8.83 Å². The van der Waals surface area contributed by atoms with Crippen molar-refractivity contribution in [3.8, 4) is 11.1 Å². The summed E-state index contributed by atoms with van der Waals surface area (Å²) in [7, 11) is -4.41. The number of hydrogen-bond donors (Lipinski definition) is 0. The van der Waals surface area contributed by atoms with Crippen LogP contribution >= 0.6 is 0 Å². The van der Waals surface area contributed by atoms with E-state index in [-0.39, 0.29) is 0 Å². The van der Waals surface area contributed by atoms with E-state index in [1.54, 1.807) is 0 Å². The van der Waals surface area contributed by atoms with Gasteiger partial charge in [0.2, 0.25) is 0 Å². The first-order valence-corrected chi connectivity index (χ1v) is 31.6. The van der Waals surface area contributed by atoms with Crippen LogP contribution in [0, 0.1) is 0 Å². The van der Waals surface area contributed by atoms with Crippen molar-refractivity contribution in [3.63, 3.8) is 0 Å². The minimum absolute atomic E-state index is 0.683. The van der Waals surface area contributed by atoms with Crippen molar-refractivity contribution in [2.75, 3.05) is 9.80 Å². The molecule has 2 aromatic heterocycles. The summed E-state index contributed by atoms with van der Waals surface area (Å²) in [5.74, 6) is 0. The first-order chi connectivity index (χ1) is 35.7. The van der Waals surface area contributed by atoms with Crippen molar-refractivity contribution in [2.24, 2.45) is 0 Å². The number of anilines is 6. The molecule has 1 spiro atoms. The second-order valence-corrected chi connectivity index (χ2v) is 30.3. The minimum Gasteiger partial charge on any atom is -0.456 e. The number of para-hydroxylation sites is 4. The topological polar surface area (TPSA) is 32.8 Å². The summed E-state index contributed by atoms with van der Waals surface area (Å²) in [6.07, 6.45) is 4.72. The highest BCUT2D eigenvalue weighted by atomic mass is 28.3. The van der Waals surface area contributed by atoms with Gasteiger partial charge in [0.15, 0.2) is 0 Å². The van der Waals surface area contributed by atoms with Gasteiger partial charge in [-0.1, -0.05) is 172 Å². The van der Waals surface area contributed by atoms with Crippen molar-refractivity contribution in [2.45, 2.75) is 31.6 Å². The molecule has 0 N–H and O–H groups in total. The second kappa shape index (κ2) is 14.4. The Bertz CT molecular complexity index is 4160. The zero-order valence-corrected chi connectivity index (χ0v) is 43.0. The van der Waals surface area contributed by atoms with Gasteiger partial charge in [0.25, 0.3) is 0 Å². The van der Waals surface area contributed by atoms with E-state index in [0.29, 0.717) is 0 Å². The highest BCUT2D eigenvalue weighted by Crippen LogP contribution is 2.60. The van der Waals surface area contributed by atoms with E-state index in [1.807, 2.05) is 0 Å². The molecule has 2 aliphatic heterocycles. The molecule has 16 rings (SSSR count). The van der Waals surface area contributed by atoms with Gasteiger partial charge in [-0.2, -0.15) is 0 Å². The monoisotopic (exact) mass is 968 g/mol. The van der Waals surface area contributed by atoms with Crippen molar-refractivity contribution in [3.05, 3.63) is 240 Å². The molecule has 4 nitrogen and oxygen atoms in total. The Hall–Kier alpha value is -8.43. The lowest BCUT2D eigenvalue weighted by atomic mass is 9.66. The third-order valence-corrected chi connectivity index (χ3v) is 24.3. The van der Waals surface area contributed by atoms with Crippen molar-refractivity contribution >= 4 is 127 Å². The van der Waals surface area contributed by atoms with E-state index in [9.17, 15) is 0 Å². The van der Waals surface area contributed by atoms with E-state index >= 15 is 0 Å². The molecule has 2 aliphatic carbocycles. The maximum absolute atomic E-state index is 6.68. The molecule has 346 valence electrons. The summed E-state index contributed by atoms with van der Waals surface area (Å²) in [6, 6.07) is 77.6. The van der Waals surface area contributed by atoms with Gasteiger partial charge < -0.3 is 18.6 Å². The van der Waals surface area contributed by atoms with E-state index in [0.717, 1.165) is 44.5 Å². The number of rotatable bonds is 2. The van der Waals surface area contributed by atoms with Crippen LogP contribution in [0.3, 0.4) is 0 Å². The van der Waals surface area contributed by atoms with Crippen LogP contribution in [-0.4, -0.2) is 16.1 Å². The molecule has 0 bridgehead atoms. The number of benzene rings is 10. The van der Waals surface area contributed by atoms with Gasteiger partial charge >= 0.3 is 0 Å². The van der Waals surface area contributed by atoms with Crippen LogP contribution in [0.4, 0.5) is 34.1 Å². The first-order valence-electron chi connectivity index (χ1n) is 25.6. The zero-order chi connectivity index (χ0) is 48.5. The molecule has 10 aromatic carbocycles. The molecule has 0 atom stereocenters. The van der Waals surface area contributed by atoms with E-state index in [2.05, 4.69) is 254 Å². The Morgan fingerprint density at radius 2 is 0.740 bits per heavy atom.